The molecule has 2 heterocycles. The van der Waals surface area contributed by atoms with Crippen molar-refractivity contribution < 1.29 is 9.59 Å². The van der Waals surface area contributed by atoms with Crippen molar-refractivity contribution in [3.05, 3.63) is 57.5 Å². The standard InChI is InChI=1S/C17H16N4O3S/c1-10(22)18-12-5-3-11(4-6-12)17(24)21(2)9-14-19-13-7-8-25-15(13)16(23)20-14/h3-8H,9H2,1-2H3,(H,18,22)(H,19,20,23). The van der Waals surface area contributed by atoms with E-state index in [2.05, 4.69) is 15.3 Å². The van der Waals surface area contributed by atoms with E-state index >= 15 is 0 Å². The fraction of sp³-hybridized carbons (Fsp3) is 0.176. The molecule has 0 saturated heterocycles. The number of fused-ring (bicyclic) bond motifs is 1. The van der Waals surface area contributed by atoms with Crippen LogP contribution in [0.25, 0.3) is 10.2 Å². The van der Waals surface area contributed by atoms with Gasteiger partial charge in [0.1, 0.15) is 10.5 Å². The van der Waals surface area contributed by atoms with Gasteiger partial charge in [-0.05, 0) is 35.7 Å². The monoisotopic (exact) mass is 356 g/mol. The Labute approximate surface area is 147 Å². The van der Waals surface area contributed by atoms with Crippen LogP contribution in [0.5, 0.6) is 0 Å². The molecule has 2 amide bonds. The molecule has 0 aliphatic heterocycles. The third-order valence-corrected chi connectivity index (χ3v) is 4.45. The second-order valence-corrected chi connectivity index (χ2v) is 6.48. The third-order valence-electron chi connectivity index (χ3n) is 3.55. The van der Waals surface area contributed by atoms with Gasteiger partial charge in [0.05, 0.1) is 12.1 Å². The molecular formula is C17H16N4O3S. The van der Waals surface area contributed by atoms with Gasteiger partial charge in [-0.1, -0.05) is 0 Å². The van der Waals surface area contributed by atoms with Gasteiger partial charge in [-0.3, -0.25) is 14.4 Å². The Kier molecular flexibility index (Phi) is 4.62. The molecule has 128 valence electrons. The maximum Gasteiger partial charge on any atom is 0.268 e. The quantitative estimate of drug-likeness (QED) is 0.749. The highest BCUT2D eigenvalue weighted by atomic mass is 32.1. The predicted octanol–water partition coefficient (Wildman–Crippen LogP) is 2.22. The van der Waals surface area contributed by atoms with Crippen LogP contribution in [0.1, 0.15) is 23.1 Å². The summed E-state index contributed by atoms with van der Waals surface area (Å²) in [6, 6.07) is 8.39. The van der Waals surface area contributed by atoms with E-state index < -0.39 is 0 Å². The van der Waals surface area contributed by atoms with E-state index in [-0.39, 0.29) is 23.9 Å². The van der Waals surface area contributed by atoms with Crippen LogP contribution >= 0.6 is 11.3 Å². The lowest BCUT2D eigenvalue weighted by Gasteiger charge is -2.16. The summed E-state index contributed by atoms with van der Waals surface area (Å²) in [6.45, 7) is 1.61. The number of anilines is 1. The summed E-state index contributed by atoms with van der Waals surface area (Å²) >= 11 is 1.33. The molecule has 0 saturated carbocycles. The molecule has 8 heteroatoms. The van der Waals surface area contributed by atoms with Gasteiger partial charge in [0.2, 0.25) is 5.91 Å². The van der Waals surface area contributed by atoms with E-state index in [1.165, 1.54) is 23.2 Å². The van der Waals surface area contributed by atoms with Gasteiger partial charge in [-0.25, -0.2) is 4.98 Å². The summed E-state index contributed by atoms with van der Waals surface area (Å²) in [6.07, 6.45) is 0. The minimum Gasteiger partial charge on any atom is -0.334 e. The predicted molar refractivity (Wildman–Crippen MR) is 96.8 cm³/mol. The van der Waals surface area contributed by atoms with Crippen molar-refractivity contribution in [1.29, 1.82) is 0 Å². The molecule has 0 aliphatic carbocycles. The third kappa shape index (κ3) is 3.74. The molecular weight excluding hydrogens is 340 g/mol. The van der Waals surface area contributed by atoms with Crippen LogP contribution < -0.4 is 10.9 Å². The number of nitrogens with zero attached hydrogens (tertiary/aromatic N) is 2. The van der Waals surface area contributed by atoms with Crippen LogP contribution in [0, 0.1) is 0 Å². The SMILES string of the molecule is CC(=O)Nc1ccc(C(=O)N(C)Cc2nc3ccsc3c(=O)[nH]2)cc1. The Hall–Kier alpha value is -3.00. The molecule has 3 rings (SSSR count). The molecule has 2 N–H and O–H groups in total. The lowest BCUT2D eigenvalue weighted by Crippen LogP contribution is -2.28. The lowest BCUT2D eigenvalue weighted by molar-refractivity contribution is -0.114. The van der Waals surface area contributed by atoms with E-state index in [4.69, 9.17) is 0 Å². The first-order valence-electron chi connectivity index (χ1n) is 7.53. The summed E-state index contributed by atoms with van der Waals surface area (Å²) in [4.78, 5) is 44.1. The van der Waals surface area contributed by atoms with Crippen LogP contribution in [-0.4, -0.2) is 33.7 Å². The Balaban J connectivity index is 1.75. The van der Waals surface area contributed by atoms with Crippen molar-refractivity contribution in [2.75, 3.05) is 12.4 Å². The first-order chi connectivity index (χ1) is 11.9. The normalized spacial score (nSPS) is 10.6. The molecule has 0 atom stereocenters. The van der Waals surface area contributed by atoms with Crippen molar-refractivity contribution in [2.24, 2.45) is 0 Å². The number of aromatic nitrogens is 2. The number of amides is 2. The van der Waals surface area contributed by atoms with E-state index in [1.807, 2.05) is 5.38 Å². The zero-order valence-electron chi connectivity index (χ0n) is 13.7. The number of thiophene rings is 1. The number of nitrogens with one attached hydrogen (secondary N) is 2. The Morgan fingerprint density at radius 3 is 2.64 bits per heavy atom. The van der Waals surface area contributed by atoms with Crippen LogP contribution in [0.3, 0.4) is 0 Å². The van der Waals surface area contributed by atoms with Crippen molar-refractivity contribution >= 4 is 39.1 Å². The lowest BCUT2D eigenvalue weighted by atomic mass is 10.2. The second-order valence-electron chi connectivity index (χ2n) is 5.57. The van der Waals surface area contributed by atoms with Crippen molar-refractivity contribution in [3.63, 3.8) is 0 Å². The average molecular weight is 356 g/mol. The van der Waals surface area contributed by atoms with E-state index in [0.29, 0.717) is 27.3 Å². The van der Waals surface area contributed by atoms with Crippen LogP contribution in [0.4, 0.5) is 5.69 Å². The Morgan fingerprint density at radius 2 is 1.96 bits per heavy atom. The summed E-state index contributed by atoms with van der Waals surface area (Å²) in [5, 5.41) is 4.46. The number of H-pyrrole nitrogens is 1. The fourth-order valence-electron chi connectivity index (χ4n) is 2.41. The minimum atomic E-state index is -0.206. The van der Waals surface area contributed by atoms with Crippen LogP contribution in [-0.2, 0) is 11.3 Å². The number of hydrogen-bond donors (Lipinski definition) is 2. The number of hydrogen-bond acceptors (Lipinski definition) is 5. The molecule has 0 radical (unpaired) electrons. The Bertz CT molecular complexity index is 991. The van der Waals surface area contributed by atoms with E-state index in [9.17, 15) is 14.4 Å². The number of aromatic amines is 1. The van der Waals surface area contributed by atoms with Gasteiger partial charge in [-0.2, -0.15) is 0 Å². The molecule has 0 bridgehead atoms. The van der Waals surface area contributed by atoms with Gasteiger partial charge in [0, 0.05) is 25.2 Å². The summed E-state index contributed by atoms with van der Waals surface area (Å²) in [5.41, 5.74) is 1.54. The number of benzene rings is 1. The molecule has 1 aromatic carbocycles. The molecule has 25 heavy (non-hydrogen) atoms. The van der Waals surface area contributed by atoms with Crippen LogP contribution in [0.2, 0.25) is 0 Å². The molecule has 0 aliphatic rings. The van der Waals surface area contributed by atoms with Crippen molar-refractivity contribution in [3.8, 4) is 0 Å². The first-order valence-corrected chi connectivity index (χ1v) is 8.41. The zero-order valence-corrected chi connectivity index (χ0v) is 14.5. The summed E-state index contributed by atoms with van der Waals surface area (Å²) in [5.74, 6) is 0.0547. The highest BCUT2D eigenvalue weighted by Crippen LogP contribution is 2.15. The second kappa shape index (κ2) is 6.86. The van der Waals surface area contributed by atoms with Crippen molar-refractivity contribution in [1.82, 2.24) is 14.9 Å². The minimum absolute atomic E-state index is 0.171. The molecule has 0 unspecified atom stereocenters. The summed E-state index contributed by atoms with van der Waals surface area (Å²) in [7, 11) is 1.64. The molecule has 0 fully saturated rings. The van der Waals surface area contributed by atoms with Gasteiger partial charge < -0.3 is 15.2 Å². The van der Waals surface area contributed by atoms with Crippen molar-refractivity contribution in [2.45, 2.75) is 13.5 Å². The number of carbonyl (C=O) groups is 2. The molecule has 0 spiro atoms. The molecule has 2 aromatic heterocycles. The largest absolute Gasteiger partial charge is 0.334 e. The number of carbonyl (C=O) groups excluding carboxylic acids is 2. The first kappa shape index (κ1) is 16.8. The highest BCUT2D eigenvalue weighted by Gasteiger charge is 2.14. The Morgan fingerprint density at radius 1 is 1.24 bits per heavy atom. The molecule has 3 aromatic rings. The van der Waals surface area contributed by atoms with E-state index in [0.717, 1.165) is 0 Å². The van der Waals surface area contributed by atoms with Gasteiger partial charge in [0.25, 0.3) is 11.5 Å². The summed E-state index contributed by atoms with van der Waals surface area (Å²) < 4.78 is 0.575. The maximum absolute atomic E-state index is 12.5. The van der Waals surface area contributed by atoms with Gasteiger partial charge in [-0.15, -0.1) is 11.3 Å². The van der Waals surface area contributed by atoms with Crippen LogP contribution in [0.15, 0.2) is 40.5 Å². The highest BCUT2D eigenvalue weighted by molar-refractivity contribution is 7.17. The maximum atomic E-state index is 12.5. The topological polar surface area (TPSA) is 95.2 Å². The zero-order chi connectivity index (χ0) is 18.0. The number of rotatable bonds is 4. The van der Waals surface area contributed by atoms with E-state index in [1.54, 1.807) is 37.4 Å². The smallest absolute Gasteiger partial charge is 0.268 e. The average Bonchev–Trinajstić information content (AvgIpc) is 3.03. The van der Waals surface area contributed by atoms with Gasteiger partial charge in [0.15, 0.2) is 0 Å². The molecule has 7 nitrogen and oxygen atoms in total. The van der Waals surface area contributed by atoms with Gasteiger partial charge >= 0.3 is 0 Å². The fourth-order valence-corrected chi connectivity index (χ4v) is 3.14.